The molecule has 0 saturated heterocycles. The van der Waals surface area contributed by atoms with Crippen molar-refractivity contribution in [3.63, 3.8) is 0 Å². The van der Waals surface area contributed by atoms with Gasteiger partial charge in [0, 0.05) is 5.41 Å². The maximum Gasteiger partial charge on any atom is 0.336 e. The summed E-state index contributed by atoms with van der Waals surface area (Å²) in [5.41, 5.74) is 0.146. The van der Waals surface area contributed by atoms with Crippen LogP contribution in [0.4, 0.5) is 0 Å². The molecular formula is C17H25ClO4. The third-order valence-electron chi connectivity index (χ3n) is 5.25. The first kappa shape index (κ1) is 17.3. The third-order valence-corrected chi connectivity index (χ3v) is 5.65. The Hall–Kier alpha value is -1.03. The molecule has 0 aliphatic heterocycles. The van der Waals surface area contributed by atoms with Crippen LogP contribution >= 0.6 is 11.6 Å². The van der Waals surface area contributed by atoms with Crippen LogP contribution in [0.5, 0.6) is 0 Å². The fraction of sp³-hybridized carbons (Fsp3) is 0.765. The number of esters is 1. The van der Waals surface area contributed by atoms with Gasteiger partial charge >= 0.3 is 5.97 Å². The highest BCUT2D eigenvalue weighted by molar-refractivity contribution is 6.64. The lowest BCUT2D eigenvalue weighted by molar-refractivity contribution is -0.138. The van der Waals surface area contributed by atoms with E-state index in [-0.39, 0.29) is 16.2 Å². The van der Waals surface area contributed by atoms with Crippen LogP contribution in [0.25, 0.3) is 0 Å². The van der Waals surface area contributed by atoms with Gasteiger partial charge < -0.3 is 9.84 Å². The molecule has 22 heavy (non-hydrogen) atoms. The maximum absolute atomic E-state index is 11.5. The van der Waals surface area contributed by atoms with E-state index in [4.69, 9.17) is 16.7 Å². The average molecular weight is 329 g/mol. The zero-order valence-corrected chi connectivity index (χ0v) is 14.1. The molecule has 5 heteroatoms. The standard InChI is InChI=1S/C11H15ClO.C6H10O3/c12-10(13)11-4-7-1-8(5-11)3-9(2-7)6-11;1-3-9-6(8)5(2)4-7/h7-9H,1-6H2;4,7H,3H2,1-2H3. The summed E-state index contributed by atoms with van der Waals surface area (Å²) in [7, 11) is 0. The molecule has 4 fully saturated rings. The lowest BCUT2D eigenvalue weighted by atomic mass is 9.50. The topological polar surface area (TPSA) is 63.6 Å². The van der Waals surface area contributed by atoms with Crippen molar-refractivity contribution in [3.05, 3.63) is 11.8 Å². The first-order valence-corrected chi connectivity index (χ1v) is 8.46. The molecule has 0 unspecified atom stereocenters. The summed E-state index contributed by atoms with van der Waals surface area (Å²) < 4.78 is 4.53. The van der Waals surface area contributed by atoms with Crippen molar-refractivity contribution in [1.82, 2.24) is 0 Å². The van der Waals surface area contributed by atoms with E-state index >= 15 is 0 Å². The molecule has 0 aromatic rings. The molecule has 4 aliphatic carbocycles. The molecule has 4 bridgehead atoms. The molecule has 0 aromatic carbocycles. The van der Waals surface area contributed by atoms with Crippen molar-refractivity contribution >= 4 is 22.8 Å². The van der Waals surface area contributed by atoms with Gasteiger partial charge in [0.05, 0.1) is 18.4 Å². The highest BCUT2D eigenvalue weighted by Gasteiger charge is 2.53. The average Bonchev–Trinajstić information content (AvgIpc) is 2.45. The zero-order valence-electron chi connectivity index (χ0n) is 13.3. The van der Waals surface area contributed by atoms with Gasteiger partial charge in [-0.05, 0) is 81.7 Å². The molecule has 4 nitrogen and oxygen atoms in total. The summed E-state index contributed by atoms with van der Waals surface area (Å²) in [6.45, 7) is 3.53. The van der Waals surface area contributed by atoms with Crippen molar-refractivity contribution in [1.29, 1.82) is 0 Å². The first-order chi connectivity index (χ1) is 10.4. The number of hydrogen-bond acceptors (Lipinski definition) is 4. The molecule has 0 radical (unpaired) electrons. The van der Waals surface area contributed by atoms with Gasteiger partial charge in [-0.1, -0.05) is 0 Å². The summed E-state index contributed by atoms with van der Waals surface area (Å²) in [4.78, 5) is 22.0. The van der Waals surface area contributed by atoms with Gasteiger partial charge in [-0.15, -0.1) is 0 Å². The molecule has 0 heterocycles. The quantitative estimate of drug-likeness (QED) is 0.368. The van der Waals surface area contributed by atoms with Crippen LogP contribution in [0.1, 0.15) is 52.4 Å². The van der Waals surface area contributed by atoms with Gasteiger partial charge in [0.2, 0.25) is 5.24 Å². The summed E-state index contributed by atoms with van der Waals surface area (Å²) >= 11 is 5.76. The predicted octanol–water partition coefficient (Wildman–Crippen LogP) is 3.98. The Labute approximate surface area is 136 Å². The van der Waals surface area contributed by atoms with Gasteiger partial charge in [-0.2, -0.15) is 0 Å². The predicted molar refractivity (Wildman–Crippen MR) is 84.5 cm³/mol. The summed E-state index contributed by atoms with van der Waals surface area (Å²) in [6, 6.07) is 0. The molecule has 4 rings (SSSR count). The van der Waals surface area contributed by atoms with Crippen molar-refractivity contribution in [2.45, 2.75) is 52.4 Å². The van der Waals surface area contributed by atoms with Crippen molar-refractivity contribution in [3.8, 4) is 0 Å². The minimum atomic E-state index is -0.472. The monoisotopic (exact) mass is 328 g/mol. The number of aliphatic hydroxyl groups is 1. The fourth-order valence-electron chi connectivity index (χ4n) is 4.65. The highest BCUT2D eigenvalue weighted by atomic mass is 35.5. The summed E-state index contributed by atoms with van der Waals surface area (Å²) in [5, 5.41) is 8.23. The Bertz CT molecular complexity index is 434. The van der Waals surface area contributed by atoms with Gasteiger partial charge in [0.25, 0.3) is 0 Å². The molecule has 0 spiro atoms. The number of ether oxygens (including phenoxy) is 1. The lowest BCUT2D eigenvalue weighted by Gasteiger charge is -2.55. The molecule has 124 valence electrons. The number of halogens is 1. The van der Waals surface area contributed by atoms with E-state index < -0.39 is 5.97 Å². The highest BCUT2D eigenvalue weighted by Crippen LogP contribution is 2.60. The van der Waals surface area contributed by atoms with Crippen molar-refractivity contribution < 1.29 is 19.4 Å². The van der Waals surface area contributed by atoms with Gasteiger partial charge in [-0.3, -0.25) is 4.79 Å². The van der Waals surface area contributed by atoms with Gasteiger partial charge in [0.1, 0.15) is 0 Å². The second-order valence-electron chi connectivity index (χ2n) is 7.00. The Morgan fingerprint density at radius 1 is 1.18 bits per heavy atom. The van der Waals surface area contributed by atoms with E-state index in [0.29, 0.717) is 6.61 Å². The number of carbonyl (C=O) groups excluding carboxylic acids is 2. The minimum Gasteiger partial charge on any atom is -0.515 e. The number of aliphatic hydroxyl groups excluding tert-OH is 1. The van der Waals surface area contributed by atoms with Crippen molar-refractivity contribution in [2.24, 2.45) is 23.2 Å². The van der Waals surface area contributed by atoms with E-state index in [9.17, 15) is 9.59 Å². The lowest BCUT2D eigenvalue weighted by Crippen LogP contribution is -2.48. The normalized spacial score (nSPS) is 35.6. The minimum absolute atomic E-state index is 0.0356. The van der Waals surface area contributed by atoms with E-state index in [1.54, 1.807) is 6.92 Å². The molecule has 0 atom stereocenters. The molecule has 0 amide bonds. The van der Waals surface area contributed by atoms with E-state index in [0.717, 1.165) is 43.3 Å². The van der Waals surface area contributed by atoms with Gasteiger partial charge in [-0.25, -0.2) is 4.79 Å². The Morgan fingerprint density at radius 2 is 1.64 bits per heavy atom. The Kier molecular flexibility index (Phi) is 5.54. The Morgan fingerprint density at radius 3 is 1.95 bits per heavy atom. The molecule has 4 saturated carbocycles. The number of rotatable bonds is 3. The van der Waals surface area contributed by atoms with Crippen LogP contribution in [0, 0.1) is 23.2 Å². The third kappa shape index (κ3) is 3.65. The van der Waals surface area contributed by atoms with Crippen LogP contribution in [-0.2, 0) is 14.3 Å². The maximum atomic E-state index is 11.5. The summed E-state index contributed by atoms with van der Waals surface area (Å²) in [5.74, 6) is 2.01. The van der Waals surface area contributed by atoms with Crippen molar-refractivity contribution in [2.75, 3.05) is 6.61 Å². The van der Waals surface area contributed by atoms with Crippen LogP contribution in [-0.4, -0.2) is 22.9 Å². The fourth-order valence-corrected chi connectivity index (χ4v) is 4.88. The smallest absolute Gasteiger partial charge is 0.336 e. The molecule has 4 aliphatic rings. The van der Waals surface area contributed by atoms with Crippen LogP contribution in [0.15, 0.2) is 11.8 Å². The Balaban J connectivity index is 0.000000175. The van der Waals surface area contributed by atoms with E-state index in [1.807, 2.05) is 0 Å². The van der Waals surface area contributed by atoms with Crippen LogP contribution in [0.3, 0.4) is 0 Å². The number of hydrogen-bond donors (Lipinski definition) is 1. The van der Waals surface area contributed by atoms with Gasteiger partial charge in [0.15, 0.2) is 0 Å². The van der Waals surface area contributed by atoms with E-state index in [2.05, 4.69) is 4.74 Å². The van der Waals surface area contributed by atoms with Crippen LogP contribution < -0.4 is 0 Å². The zero-order chi connectivity index (χ0) is 16.3. The first-order valence-electron chi connectivity index (χ1n) is 8.08. The summed E-state index contributed by atoms with van der Waals surface area (Å²) in [6.07, 6.45) is 8.16. The largest absolute Gasteiger partial charge is 0.515 e. The SMILES string of the molecule is CCOC(=O)C(C)=CO.O=C(Cl)C12CC3CC(CC(C3)C1)C2. The number of carbonyl (C=O) groups is 2. The second kappa shape index (κ2) is 7.03. The molecule has 0 aromatic heterocycles. The second-order valence-corrected chi connectivity index (χ2v) is 7.35. The molecule has 1 N–H and O–H groups in total. The van der Waals surface area contributed by atoms with E-state index in [1.165, 1.54) is 26.2 Å². The van der Waals surface area contributed by atoms with Crippen LogP contribution in [0.2, 0.25) is 0 Å². The molecular weight excluding hydrogens is 304 g/mol.